The van der Waals surface area contributed by atoms with E-state index in [1.54, 1.807) is 18.2 Å². The first kappa shape index (κ1) is 79.2. The van der Waals surface area contributed by atoms with Crippen LogP contribution in [0.5, 0.6) is 0 Å². The number of nitrogens with zero attached hydrogens (tertiary/aromatic N) is 8. The van der Waals surface area contributed by atoms with E-state index < -0.39 is 20.6 Å². The van der Waals surface area contributed by atoms with Crippen molar-refractivity contribution in [3.05, 3.63) is 337 Å². The average Bonchev–Trinajstić information content (AvgIpc) is 1.57. The predicted molar refractivity (Wildman–Crippen MR) is 430 cm³/mol. The summed E-state index contributed by atoms with van der Waals surface area (Å²) in [4.78, 5) is 2.54. The summed E-state index contributed by atoms with van der Waals surface area (Å²) in [5, 5.41) is 23.9. The summed E-state index contributed by atoms with van der Waals surface area (Å²) >= 11 is 1.85. The van der Waals surface area contributed by atoms with Crippen LogP contribution >= 0.6 is 11.3 Å². The Balaban J connectivity index is 0.000000128. The Morgan fingerprint density at radius 2 is 0.703 bits per heavy atom. The van der Waals surface area contributed by atoms with Crippen LogP contribution in [0.15, 0.2) is 291 Å². The van der Waals surface area contributed by atoms with E-state index in [0.29, 0.717) is 9.79 Å². The van der Waals surface area contributed by atoms with Crippen molar-refractivity contribution in [2.45, 2.75) is 75.0 Å². The third-order valence-electron chi connectivity index (χ3n) is 20.0. The molecule has 19 heteroatoms. The molecule has 20 rings (SSSR count). The number of rotatable bonds is 8. The largest absolute Gasteiger partial charge is 0.456 e. The molecule has 6 aromatic heterocycles. The van der Waals surface area contributed by atoms with E-state index in [9.17, 15) is 12.6 Å². The second kappa shape index (κ2) is 32.8. The van der Waals surface area contributed by atoms with Crippen LogP contribution in [0.1, 0.15) is 45.6 Å². The van der Waals surface area contributed by atoms with Crippen molar-refractivity contribution < 1.29 is 95.0 Å². The molecule has 1 unspecified atom stereocenters. The molecule has 2 aliphatic rings. The quantitative estimate of drug-likeness (QED) is 0.108. The summed E-state index contributed by atoms with van der Waals surface area (Å²) in [6.07, 6.45) is 0. The van der Waals surface area contributed by atoms with E-state index in [4.69, 9.17) is 24.8 Å². The number of sulfone groups is 1. The molecular formula is C92H68N8O4Rh4S3-4. The Kier molecular flexibility index (Phi) is 23.4. The van der Waals surface area contributed by atoms with E-state index in [2.05, 4.69) is 138 Å². The van der Waals surface area contributed by atoms with Gasteiger partial charge in [0.05, 0.1) is 53.2 Å². The number of aryl methyl sites for hydroxylation is 4. The number of hydrogen-bond donors (Lipinski definition) is 0. The molecule has 0 bridgehead atoms. The predicted octanol–water partition coefficient (Wildman–Crippen LogP) is 22.0. The normalized spacial score (nSPS) is 12.5. The number of thiophene rings is 1. The fourth-order valence-corrected chi connectivity index (χ4v) is 19.3. The first-order valence-electron chi connectivity index (χ1n) is 35.2. The van der Waals surface area contributed by atoms with E-state index in [1.807, 2.05) is 221 Å². The minimum atomic E-state index is -3.45. The van der Waals surface area contributed by atoms with E-state index in [1.165, 1.54) is 31.3 Å². The van der Waals surface area contributed by atoms with E-state index in [0.717, 1.165) is 156 Å². The Labute approximate surface area is 702 Å². The summed E-state index contributed by atoms with van der Waals surface area (Å²) in [7, 11) is -4.55. The van der Waals surface area contributed by atoms with Gasteiger partial charge in [0.15, 0.2) is 0 Å². The van der Waals surface area contributed by atoms with Crippen LogP contribution in [0.25, 0.3) is 132 Å². The van der Waals surface area contributed by atoms with Crippen molar-refractivity contribution in [1.29, 1.82) is 0 Å². The molecule has 0 aliphatic carbocycles. The molecule has 0 fully saturated rings. The van der Waals surface area contributed by atoms with Crippen LogP contribution in [0.4, 0.5) is 0 Å². The summed E-state index contributed by atoms with van der Waals surface area (Å²) in [6, 6.07) is 101. The molecule has 0 saturated heterocycles. The van der Waals surface area contributed by atoms with Gasteiger partial charge in [-0.1, -0.05) is 97.1 Å². The number of hydrogen-bond acceptors (Lipinski definition) is 9. The van der Waals surface area contributed by atoms with Gasteiger partial charge < -0.3 is 4.42 Å². The number of benzene rings is 12. The van der Waals surface area contributed by atoms with E-state index >= 15 is 0 Å². The van der Waals surface area contributed by atoms with Crippen molar-refractivity contribution in [2.75, 3.05) is 0 Å². The minimum Gasteiger partial charge on any atom is -0.456 e. The molecule has 0 amide bonds. The fourth-order valence-electron chi connectivity index (χ4n) is 15.2. The monoisotopic (exact) mass is 1860 g/mol. The Morgan fingerprint density at radius 1 is 0.333 bits per heavy atom. The van der Waals surface area contributed by atoms with Crippen LogP contribution in [0.3, 0.4) is 0 Å². The molecule has 18 aromatic rings. The molecule has 4 radical (unpaired) electrons. The molecule has 2 aliphatic heterocycles. The summed E-state index contributed by atoms with van der Waals surface area (Å²) in [5.74, 6) is 0. The number of fused-ring (bicyclic) bond motifs is 12. The van der Waals surface area contributed by atoms with Crippen molar-refractivity contribution in [3.63, 3.8) is 0 Å². The summed E-state index contributed by atoms with van der Waals surface area (Å²) in [5.41, 5.74) is 26.4. The fraction of sp³-hybridized carbons (Fsp3) is 0.0870. The SMILES string of the molecule is Cc1nn(-c2[c-]cccc2)c(C)c1-c1ccc2c(c1)-c1ccccc1S2(=O)=O.Cc1nn(-c2[c-]cccc2)c(C)c1-c1ccc2c(c1)-c1ccccc1S2=O.Cc1nn(-c2[c-]cccc2)c(C)c1-c1ccc2oc3ccccc3c2c1.Cc1nn(-c2[c-]cccc2)c(C)c1-c1ccc2sc3ccccc3c2c1.[Rh].[Rh].[Rh].[Rh]. The zero-order chi connectivity index (χ0) is 73.4. The van der Waals surface area contributed by atoms with Crippen LogP contribution in [-0.2, 0) is 98.5 Å². The first-order chi connectivity index (χ1) is 52.1. The third kappa shape index (κ3) is 14.5. The van der Waals surface area contributed by atoms with Gasteiger partial charge in [-0.3, -0.25) is 18.7 Å². The number of para-hydroxylation sites is 5. The van der Waals surface area contributed by atoms with Crippen LogP contribution in [0, 0.1) is 79.7 Å². The van der Waals surface area contributed by atoms with Gasteiger partial charge in [-0.05, 0) is 179 Å². The second-order valence-electron chi connectivity index (χ2n) is 26.6. The molecule has 0 spiro atoms. The Morgan fingerprint density at radius 3 is 1.22 bits per heavy atom. The van der Waals surface area contributed by atoms with Gasteiger partial charge in [-0.2, -0.15) is 117 Å². The molecular weight excluding hydrogens is 1790 g/mol. The van der Waals surface area contributed by atoms with Gasteiger partial charge >= 0.3 is 0 Å². The summed E-state index contributed by atoms with van der Waals surface area (Å²) in [6.45, 7) is 16.5. The molecule has 0 saturated carbocycles. The molecule has 558 valence electrons. The topological polar surface area (TPSA) is 136 Å². The molecule has 12 aromatic carbocycles. The third-order valence-corrected chi connectivity index (χ3v) is 24.6. The maximum absolute atomic E-state index is 12.8. The standard InChI is InChI=1S/C23H17N2O2S.C23H17N2OS.C23H17N2O.C23H17N2S.4Rh/c1-15-23(16(2)25(24-15)18-8-4-3-5-9-18)17-12-13-22-20(14-17)19-10-6-7-11-21(19)28(22,26)27;1-15-23(16(2)25(24-15)18-8-4-3-5-9-18)17-12-13-22-20(14-17)19-10-6-7-11-21(19)27(22)26;2*1-15-23(16(2)25(24-15)18-8-4-3-5-9-18)17-12-13-22-20(14-17)19-10-6-7-11-21(19)26-22;;;;/h3-8,10-14H,1-2H3;3-8,10-14H,1-2H3;2*3-8,10-14H,1-2H3;;;;/q4*-1;;;;. The second-order valence-corrected chi connectivity index (χ2v) is 31.0. The Hall–Kier alpha value is -9.91. The number of aromatic nitrogens is 8. The van der Waals surface area contributed by atoms with Gasteiger partial charge in [-0.25, -0.2) is 12.6 Å². The maximum atomic E-state index is 12.8. The van der Waals surface area contributed by atoms with Crippen molar-refractivity contribution in [2.24, 2.45) is 0 Å². The van der Waals surface area contributed by atoms with Crippen LogP contribution in [0.2, 0.25) is 0 Å². The van der Waals surface area contributed by atoms with Crippen LogP contribution < -0.4 is 0 Å². The first-order valence-corrected chi connectivity index (χ1v) is 38.6. The van der Waals surface area contributed by atoms with Gasteiger partial charge in [0.2, 0.25) is 9.84 Å². The zero-order valence-electron chi connectivity index (χ0n) is 61.2. The van der Waals surface area contributed by atoms with E-state index in [-0.39, 0.29) is 77.9 Å². The van der Waals surface area contributed by atoms with Crippen LogP contribution in [-0.4, -0.2) is 51.7 Å². The van der Waals surface area contributed by atoms with Crippen molar-refractivity contribution in [3.8, 4) is 89.5 Å². The molecule has 1 atom stereocenters. The van der Waals surface area contributed by atoms with Gasteiger partial charge in [-0.15, -0.1) is 35.6 Å². The van der Waals surface area contributed by atoms with Crippen molar-refractivity contribution in [1.82, 2.24) is 39.1 Å². The van der Waals surface area contributed by atoms with Gasteiger partial charge in [0.1, 0.15) is 11.2 Å². The minimum absolute atomic E-state index is 0. The molecule has 0 N–H and O–H groups in total. The average molecular weight is 1860 g/mol. The molecule has 12 nitrogen and oxygen atoms in total. The van der Waals surface area contributed by atoms with Gasteiger partial charge in [0, 0.05) is 171 Å². The number of furan rings is 1. The smallest absolute Gasteiger partial charge is 0.207 e. The van der Waals surface area contributed by atoms with Gasteiger partial charge in [0.25, 0.3) is 0 Å². The zero-order valence-corrected chi connectivity index (χ0v) is 70.2. The molecule has 8 heterocycles. The summed E-state index contributed by atoms with van der Waals surface area (Å²) < 4.78 is 54.8. The maximum Gasteiger partial charge on any atom is 0.207 e. The van der Waals surface area contributed by atoms with Crippen molar-refractivity contribution >= 4 is 74.1 Å². The molecule has 111 heavy (non-hydrogen) atoms. The Bertz CT molecular complexity index is 6470.